The minimum absolute atomic E-state index is 0.0242. The van der Waals surface area contributed by atoms with Gasteiger partial charge in [-0.05, 0) is 28.1 Å². The Morgan fingerprint density at radius 2 is 2.20 bits per heavy atom. The number of hydrogen-bond acceptors (Lipinski definition) is 3. The maximum atomic E-state index is 10.9. The molecular formula is C10H11BrO4. The highest BCUT2D eigenvalue weighted by Crippen LogP contribution is 2.26. The summed E-state index contributed by atoms with van der Waals surface area (Å²) in [6.07, 6.45) is 0.478. The molecule has 0 heterocycles. The minimum Gasteiger partial charge on any atom is -0.493 e. The van der Waals surface area contributed by atoms with Crippen LogP contribution in [0, 0.1) is 0 Å². The molecule has 1 aromatic carbocycles. The molecular weight excluding hydrogens is 264 g/mol. The maximum Gasteiger partial charge on any atom is 0.340 e. The van der Waals surface area contributed by atoms with Gasteiger partial charge in [-0.25, -0.2) is 4.79 Å². The average Bonchev–Trinajstić information content (AvgIpc) is 2.17. The number of carboxylic acids is 1. The monoisotopic (exact) mass is 274 g/mol. The Labute approximate surface area is 95.6 Å². The zero-order valence-corrected chi connectivity index (χ0v) is 9.53. The number of halogens is 1. The number of aliphatic hydroxyl groups excluding tert-OH is 1. The van der Waals surface area contributed by atoms with E-state index in [1.807, 2.05) is 0 Å². The van der Waals surface area contributed by atoms with Gasteiger partial charge in [-0.1, -0.05) is 6.07 Å². The third-order valence-electron chi connectivity index (χ3n) is 1.75. The summed E-state index contributed by atoms with van der Waals surface area (Å²) in [4.78, 5) is 10.9. The molecule has 5 heteroatoms. The van der Waals surface area contributed by atoms with Gasteiger partial charge in [0.2, 0.25) is 0 Å². The quantitative estimate of drug-likeness (QED) is 0.805. The van der Waals surface area contributed by atoms with Crippen molar-refractivity contribution < 1.29 is 19.7 Å². The molecule has 0 aromatic heterocycles. The minimum atomic E-state index is -1.04. The van der Waals surface area contributed by atoms with Gasteiger partial charge in [-0.2, -0.15) is 0 Å². The lowest BCUT2D eigenvalue weighted by Gasteiger charge is -2.09. The fraction of sp³-hybridized carbons (Fsp3) is 0.300. The fourth-order valence-electron chi connectivity index (χ4n) is 1.08. The summed E-state index contributed by atoms with van der Waals surface area (Å²) < 4.78 is 5.73. The second kappa shape index (κ2) is 5.72. The van der Waals surface area contributed by atoms with Crippen molar-refractivity contribution >= 4 is 21.9 Å². The number of carboxylic acid groups (broad SMARTS) is 1. The van der Waals surface area contributed by atoms with Gasteiger partial charge in [-0.3, -0.25) is 0 Å². The molecule has 0 amide bonds. The lowest BCUT2D eigenvalue weighted by Crippen LogP contribution is -2.06. The molecule has 15 heavy (non-hydrogen) atoms. The van der Waals surface area contributed by atoms with E-state index in [1.54, 1.807) is 18.2 Å². The van der Waals surface area contributed by atoms with Crippen LogP contribution in [0.2, 0.25) is 0 Å². The molecule has 0 saturated carbocycles. The van der Waals surface area contributed by atoms with Gasteiger partial charge in [0, 0.05) is 17.5 Å². The summed E-state index contributed by atoms with van der Waals surface area (Å²) in [5.74, 6) is -0.730. The average molecular weight is 275 g/mol. The van der Waals surface area contributed by atoms with Crippen molar-refractivity contribution in [2.75, 3.05) is 13.2 Å². The van der Waals surface area contributed by atoms with Gasteiger partial charge in [0.05, 0.1) is 6.61 Å². The number of aromatic carboxylic acids is 1. The highest BCUT2D eigenvalue weighted by molar-refractivity contribution is 9.10. The predicted octanol–water partition coefficient (Wildman–Crippen LogP) is 1.91. The summed E-state index contributed by atoms with van der Waals surface area (Å²) in [6, 6.07) is 4.93. The van der Waals surface area contributed by atoms with E-state index in [1.165, 1.54) is 0 Å². The second-order valence-electron chi connectivity index (χ2n) is 2.84. The van der Waals surface area contributed by atoms with Crippen LogP contribution in [0.3, 0.4) is 0 Å². The molecule has 0 unspecified atom stereocenters. The first-order chi connectivity index (χ1) is 7.16. The van der Waals surface area contributed by atoms with Crippen LogP contribution in [0.1, 0.15) is 16.8 Å². The van der Waals surface area contributed by atoms with Crippen molar-refractivity contribution in [1.82, 2.24) is 0 Å². The Morgan fingerprint density at radius 1 is 1.47 bits per heavy atom. The van der Waals surface area contributed by atoms with Crippen LogP contribution in [0.15, 0.2) is 22.7 Å². The molecule has 0 radical (unpaired) electrons. The number of benzene rings is 1. The van der Waals surface area contributed by atoms with E-state index in [0.29, 0.717) is 23.2 Å². The van der Waals surface area contributed by atoms with E-state index in [9.17, 15) is 4.79 Å². The molecule has 2 N–H and O–H groups in total. The third kappa shape index (κ3) is 3.21. The summed E-state index contributed by atoms with van der Waals surface area (Å²) in [5.41, 5.74) is 0.107. The molecule has 0 aliphatic heterocycles. The van der Waals surface area contributed by atoms with E-state index in [2.05, 4.69) is 15.9 Å². The molecule has 0 aliphatic rings. The van der Waals surface area contributed by atoms with Crippen molar-refractivity contribution in [2.24, 2.45) is 0 Å². The highest BCUT2D eigenvalue weighted by Gasteiger charge is 2.14. The summed E-state index contributed by atoms with van der Waals surface area (Å²) in [7, 11) is 0. The Morgan fingerprint density at radius 3 is 2.80 bits per heavy atom. The molecule has 4 nitrogen and oxygen atoms in total. The van der Waals surface area contributed by atoms with Crippen LogP contribution >= 0.6 is 15.9 Å². The van der Waals surface area contributed by atoms with Crippen molar-refractivity contribution in [1.29, 1.82) is 0 Å². The van der Waals surface area contributed by atoms with Crippen LogP contribution in [-0.4, -0.2) is 29.4 Å². The first-order valence-electron chi connectivity index (χ1n) is 4.42. The van der Waals surface area contributed by atoms with E-state index in [4.69, 9.17) is 14.9 Å². The first kappa shape index (κ1) is 12.0. The Hall–Kier alpha value is -1.07. The van der Waals surface area contributed by atoms with Gasteiger partial charge in [0.15, 0.2) is 0 Å². The van der Waals surface area contributed by atoms with Crippen LogP contribution in [0.25, 0.3) is 0 Å². The van der Waals surface area contributed by atoms with Crippen molar-refractivity contribution in [3.8, 4) is 5.75 Å². The van der Waals surface area contributed by atoms with Crippen LogP contribution in [-0.2, 0) is 0 Å². The predicted molar refractivity (Wildman–Crippen MR) is 58.3 cm³/mol. The lowest BCUT2D eigenvalue weighted by molar-refractivity contribution is 0.0691. The van der Waals surface area contributed by atoms with Gasteiger partial charge >= 0.3 is 5.97 Å². The van der Waals surface area contributed by atoms with Gasteiger partial charge < -0.3 is 14.9 Å². The van der Waals surface area contributed by atoms with Crippen LogP contribution in [0.5, 0.6) is 5.75 Å². The van der Waals surface area contributed by atoms with Gasteiger partial charge in [-0.15, -0.1) is 0 Å². The van der Waals surface area contributed by atoms with Crippen LogP contribution in [0.4, 0.5) is 0 Å². The number of carbonyl (C=O) groups is 1. The molecule has 82 valence electrons. The summed E-state index contributed by atoms with van der Waals surface area (Å²) in [5, 5.41) is 17.5. The fourth-order valence-corrected chi connectivity index (χ4v) is 1.60. The molecule has 1 aromatic rings. The number of hydrogen-bond donors (Lipinski definition) is 2. The summed E-state index contributed by atoms with van der Waals surface area (Å²) >= 11 is 3.15. The zero-order chi connectivity index (χ0) is 11.3. The number of rotatable bonds is 5. The second-order valence-corrected chi connectivity index (χ2v) is 3.70. The Balaban J connectivity index is 2.86. The topological polar surface area (TPSA) is 66.8 Å². The standard InChI is InChI=1S/C10H11BrO4/c11-7-3-1-4-8(9(7)10(13)14)15-6-2-5-12/h1,3-4,12H,2,5-6H2,(H,13,14). The lowest BCUT2D eigenvalue weighted by atomic mass is 10.2. The molecule has 1 rings (SSSR count). The van der Waals surface area contributed by atoms with Crippen LogP contribution < -0.4 is 4.74 Å². The van der Waals surface area contributed by atoms with Crippen molar-refractivity contribution in [3.63, 3.8) is 0 Å². The van der Waals surface area contributed by atoms with Gasteiger partial charge in [0.1, 0.15) is 11.3 Å². The van der Waals surface area contributed by atoms with E-state index in [0.717, 1.165) is 0 Å². The zero-order valence-electron chi connectivity index (χ0n) is 7.94. The SMILES string of the molecule is O=C(O)c1c(Br)cccc1OCCCO. The van der Waals surface area contributed by atoms with E-state index in [-0.39, 0.29) is 12.2 Å². The normalized spacial score (nSPS) is 10.0. The Kier molecular flexibility index (Phi) is 4.58. The smallest absolute Gasteiger partial charge is 0.340 e. The first-order valence-corrected chi connectivity index (χ1v) is 5.21. The molecule has 0 aliphatic carbocycles. The maximum absolute atomic E-state index is 10.9. The Bertz CT molecular complexity index is 351. The van der Waals surface area contributed by atoms with E-state index < -0.39 is 5.97 Å². The molecule has 0 fully saturated rings. The molecule has 0 spiro atoms. The third-order valence-corrected chi connectivity index (χ3v) is 2.41. The molecule has 0 bridgehead atoms. The molecule has 0 saturated heterocycles. The largest absolute Gasteiger partial charge is 0.493 e. The summed E-state index contributed by atoms with van der Waals surface area (Å²) in [6.45, 7) is 0.323. The molecule has 0 atom stereocenters. The van der Waals surface area contributed by atoms with Crippen molar-refractivity contribution in [2.45, 2.75) is 6.42 Å². The van der Waals surface area contributed by atoms with Gasteiger partial charge in [0.25, 0.3) is 0 Å². The van der Waals surface area contributed by atoms with Crippen molar-refractivity contribution in [3.05, 3.63) is 28.2 Å². The number of aliphatic hydroxyl groups is 1. The number of ether oxygens (including phenoxy) is 1. The van der Waals surface area contributed by atoms with E-state index >= 15 is 0 Å². The highest BCUT2D eigenvalue weighted by atomic mass is 79.9.